The van der Waals surface area contributed by atoms with E-state index in [1.54, 1.807) is 37.5 Å². The standard InChI is InChI=1S/C17H17Cl2N5S/c1-10(23-11(2)20)7-16(21)24-12-8-14(18)17(15(19)9-12)25-13-3-5-22-6-4-13/h3-9,24H,2,20-21H2,1H3/b16-7+,23-10-. The fourth-order valence-corrected chi connectivity index (χ4v) is 3.47. The van der Waals surface area contributed by atoms with Gasteiger partial charge in [0.05, 0.1) is 10.0 Å². The molecule has 2 aromatic rings. The van der Waals surface area contributed by atoms with Gasteiger partial charge in [-0.2, -0.15) is 0 Å². The van der Waals surface area contributed by atoms with Gasteiger partial charge in [-0.05, 0) is 37.3 Å². The highest BCUT2D eigenvalue weighted by Crippen LogP contribution is 2.40. The molecule has 0 aliphatic heterocycles. The highest BCUT2D eigenvalue weighted by Gasteiger charge is 2.10. The summed E-state index contributed by atoms with van der Waals surface area (Å²) in [7, 11) is 0. The van der Waals surface area contributed by atoms with Gasteiger partial charge < -0.3 is 16.8 Å². The number of hydrogen-bond donors (Lipinski definition) is 3. The summed E-state index contributed by atoms with van der Waals surface area (Å²) in [6.07, 6.45) is 5.07. The fourth-order valence-electron chi connectivity index (χ4n) is 1.94. The molecule has 5 nitrogen and oxygen atoms in total. The lowest BCUT2D eigenvalue weighted by molar-refractivity contribution is 1.25. The van der Waals surface area contributed by atoms with Crippen LogP contribution in [0.5, 0.6) is 0 Å². The van der Waals surface area contributed by atoms with Crippen molar-refractivity contribution in [3.8, 4) is 0 Å². The minimum atomic E-state index is 0.213. The third-order valence-electron chi connectivity index (χ3n) is 2.84. The Kier molecular flexibility index (Phi) is 6.75. The Morgan fingerprint density at radius 1 is 1.24 bits per heavy atom. The number of benzene rings is 1. The van der Waals surface area contributed by atoms with Crippen LogP contribution >= 0.6 is 35.0 Å². The van der Waals surface area contributed by atoms with Crippen molar-refractivity contribution in [1.82, 2.24) is 4.98 Å². The molecule has 0 spiro atoms. The molecule has 130 valence electrons. The zero-order chi connectivity index (χ0) is 18.4. The molecule has 0 radical (unpaired) electrons. The second-order valence-corrected chi connectivity index (χ2v) is 6.92. The molecule has 1 heterocycles. The summed E-state index contributed by atoms with van der Waals surface area (Å²) >= 11 is 14.2. The minimum absolute atomic E-state index is 0.213. The van der Waals surface area contributed by atoms with E-state index in [1.807, 2.05) is 12.1 Å². The van der Waals surface area contributed by atoms with Gasteiger partial charge in [0.2, 0.25) is 0 Å². The number of aromatic nitrogens is 1. The highest BCUT2D eigenvalue weighted by molar-refractivity contribution is 7.99. The van der Waals surface area contributed by atoms with Crippen LogP contribution in [0.1, 0.15) is 6.92 Å². The van der Waals surface area contributed by atoms with E-state index in [1.165, 1.54) is 11.8 Å². The van der Waals surface area contributed by atoms with E-state index in [2.05, 4.69) is 21.9 Å². The van der Waals surface area contributed by atoms with Crippen LogP contribution in [0.2, 0.25) is 10.0 Å². The fraction of sp³-hybridized carbons (Fsp3) is 0.0588. The molecule has 0 fully saturated rings. The molecule has 0 aliphatic carbocycles. The Hall–Kier alpha value is -2.15. The van der Waals surface area contributed by atoms with Gasteiger partial charge in [-0.15, -0.1) is 0 Å². The summed E-state index contributed by atoms with van der Waals surface area (Å²) in [4.78, 5) is 9.74. The summed E-state index contributed by atoms with van der Waals surface area (Å²) in [5, 5.41) is 4.06. The first-order valence-electron chi connectivity index (χ1n) is 7.16. The average molecular weight is 394 g/mol. The third kappa shape index (κ3) is 6.01. The van der Waals surface area contributed by atoms with Crippen molar-refractivity contribution in [3.05, 3.63) is 71.0 Å². The van der Waals surface area contributed by atoms with Crippen LogP contribution < -0.4 is 16.8 Å². The smallest absolute Gasteiger partial charge is 0.116 e. The summed E-state index contributed by atoms with van der Waals surface area (Å²) in [5.41, 5.74) is 12.7. The normalized spacial score (nSPS) is 12.1. The Bertz CT molecular complexity index is 811. The number of anilines is 1. The van der Waals surface area contributed by atoms with Crippen LogP contribution in [-0.2, 0) is 0 Å². The molecule has 0 atom stereocenters. The van der Waals surface area contributed by atoms with Crippen LogP contribution in [0.3, 0.4) is 0 Å². The number of nitrogens with one attached hydrogen (secondary N) is 1. The molecule has 0 saturated heterocycles. The molecule has 0 saturated carbocycles. The van der Waals surface area contributed by atoms with Crippen molar-refractivity contribution in [2.75, 3.05) is 5.32 Å². The summed E-state index contributed by atoms with van der Waals surface area (Å²) in [6, 6.07) is 7.28. The van der Waals surface area contributed by atoms with Gasteiger partial charge in [-0.3, -0.25) is 4.98 Å². The van der Waals surface area contributed by atoms with E-state index >= 15 is 0 Å². The van der Waals surface area contributed by atoms with Crippen molar-refractivity contribution in [2.24, 2.45) is 16.5 Å². The quantitative estimate of drug-likeness (QED) is 0.621. The molecule has 0 amide bonds. The maximum absolute atomic E-state index is 6.37. The molecular weight excluding hydrogens is 377 g/mol. The third-order valence-corrected chi connectivity index (χ3v) is 4.81. The molecule has 2 rings (SSSR count). The second kappa shape index (κ2) is 8.80. The van der Waals surface area contributed by atoms with Crippen LogP contribution in [0.25, 0.3) is 0 Å². The first kappa shape index (κ1) is 19.2. The van der Waals surface area contributed by atoms with Gasteiger partial charge in [0.1, 0.15) is 11.6 Å². The monoisotopic (exact) mass is 393 g/mol. The van der Waals surface area contributed by atoms with Crippen LogP contribution in [0.15, 0.2) is 75.7 Å². The van der Waals surface area contributed by atoms with Crippen molar-refractivity contribution < 1.29 is 0 Å². The van der Waals surface area contributed by atoms with E-state index < -0.39 is 0 Å². The number of aliphatic imine (C=N–C) groups is 1. The zero-order valence-corrected chi connectivity index (χ0v) is 15.8. The summed E-state index contributed by atoms with van der Waals surface area (Å²) in [5.74, 6) is 0.592. The number of hydrogen-bond acceptors (Lipinski definition) is 6. The van der Waals surface area contributed by atoms with Crippen LogP contribution in [0, 0.1) is 0 Å². The van der Waals surface area contributed by atoms with E-state index in [0.29, 0.717) is 27.3 Å². The largest absolute Gasteiger partial charge is 0.385 e. The molecule has 0 aliphatic rings. The van der Waals surface area contributed by atoms with Gasteiger partial charge in [0, 0.05) is 33.6 Å². The van der Waals surface area contributed by atoms with Crippen molar-refractivity contribution >= 4 is 46.4 Å². The average Bonchev–Trinajstić information content (AvgIpc) is 2.51. The van der Waals surface area contributed by atoms with E-state index in [4.69, 9.17) is 34.7 Å². The lowest BCUT2D eigenvalue weighted by Crippen LogP contribution is -2.11. The van der Waals surface area contributed by atoms with Crippen LogP contribution in [-0.4, -0.2) is 10.7 Å². The molecular formula is C17H17Cl2N5S. The maximum Gasteiger partial charge on any atom is 0.116 e. The lowest BCUT2D eigenvalue weighted by atomic mass is 10.3. The first-order chi connectivity index (χ1) is 11.8. The molecule has 0 bridgehead atoms. The molecule has 1 aromatic carbocycles. The van der Waals surface area contributed by atoms with Gasteiger partial charge in [0.15, 0.2) is 0 Å². The lowest BCUT2D eigenvalue weighted by Gasteiger charge is -2.12. The van der Waals surface area contributed by atoms with Gasteiger partial charge >= 0.3 is 0 Å². The van der Waals surface area contributed by atoms with Crippen molar-refractivity contribution in [1.29, 1.82) is 0 Å². The Balaban J connectivity index is 2.19. The van der Waals surface area contributed by atoms with Gasteiger partial charge in [-0.1, -0.05) is 41.5 Å². The van der Waals surface area contributed by atoms with Crippen molar-refractivity contribution in [2.45, 2.75) is 16.7 Å². The van der Waals surface area contributed by atoms with Gasteiger partial charge in [0.25, 0.3) is 0 Å². The summed E-state index contributed by atoms with van der Waals surface area (Å²) in [6.45, 7) is 5.28. The topological polar surface area (TPSA) is 89.3 Å². The predicted octanol–water partition coefficient (Wildman–Crippen LogP) is 4.64. The number of allylic oxidation sites excluding steroid dienone is 1. The first-order valence-corrected chi connectivity index (χ1v) is 8.73. The molecule has 8 heteroatoms. The number of pyridine rings is 1. The molecule has 5 N–H and O–H groups in total. The van der Waals surface area contributed by atoms with Crippen LogP contribution in [0.4, 0.5) is 5.69 Å². The highest BCUT2D eigenvalue weighted by atomic mass is 35.5. The molecule has 25 heavy (non-hydrogen) atoms. The number of nitrogens with two attached hydrogens (primary N) is 2. The van der Waals surface area contributed by atoms with E-state index in [0.717, 1.165) is 9.79 Å². The predicted molar refractivity (Wildman–Crippen MR) is 107 cm³/mol. The number of nitrogens with zero attached hydrogens (tertiary/aromatic N) is 2. The Morgan fingerprint density at radius 2 is 1.84 bits per heavy atom. The second-order valence-electron chi connectivity index (χ2n) is 5.02. The van der Waals surface area contributed by atoms with E-state index in [9.17, 15) is 0 Å². The zero-order valence-electron chi connectivity index (χ0n) is 13.5. The van der Waals surface area contributed by atoms with E-state index in [-0.39, 0.29) is 5.82 Å². The van der Waals surface area contributed by atoms with Gasteiger partial charge in [-0.25, -0.2) is 4.99 Å². The SMILES string of the molecule is C=C(N)/N=C(C)\C=C(/N)Nc1cc(Cl)c(Sc2ccncc2)c(Cl)c1. The molecule has 0 unspecified atom stereocenters. The Labute approximate surface area is 160 Å². The maximum atomic E-state index is 6.37. The summed E-state index contributed by atoms with van der Waals surface area (Å²) < 4.78 is 0. The van der Waals surface area contributed by atoms with Crippen molar-refractivity contribution in [3.63, 3.8) is 0 Å². The Morgan fingerprint density at radius 3 is 2.40 bits per heavy atom. The molecule has 1 aromatic heterocycles. The number of rotatable bonds is 6. The number of halogens is 2. The minimum Gasteiger partial charge on any atom is -0.385 e.